The summed E-state index contributed by atoms with van der Waals surface area (Å²) in [5.74, 6) is 1.13. The molecule has 3 aromatic carbocycles. The average Bonchev–Trinajstić information content (AvgIpc) is 2.80. The van der Waals surface area contributed by atoms with Gasteiger partial charge in [0.15, 0.2) is 11.5 Å². The number of hydrogen-bond acceptors (Lipinski definition) is 4. The number of ketones is 1. The molecule has 0 heterocycles. The van der Waals surface area contributed by atoms with Gasteiger partial charge in [-0.15, -0.1) is 0 Å². The van der Waals surface area contributed by atoms with E-state index in [0.29, 0.717) is 23.6 Å². The van der Waals surface area contributed by atoms with Crippen LogP contribution in [0, 0.1) is 0 Å². The lowest BCUT2D eigenvalue weighted by Gasteiger charge is -2.31. The number of Topliss-reactive ketones (excluding diaryl/α,β-unsaturated/α-hetero) is 1. The molecule has 3 rings (SSSR count). The average molecular weight is 454 g/mol. The fourth-order valence-electron chi connectivity index (χ4n) is 3.61. The van der Waals surface area contributed by atoms with Gasteiger partial charge in [-0.05, 0) is 23.8 Å². The van der Waals surface area contributed by atoms with Crippen LogP contribution in [0.3, 0.4) is 0 Å². The monoisotopic (exact) mass is 453 g/mol. The van der Waals surface area contributed by atoms with E-state index < -0.39 is 0 Å². The molecule has 3 aromatic rings. The maximum absolute atomic E-state index is 13.4. The van der Waals surface area contributed by atoms with E-state index in [1.54, 1.807) is 26.4 Å². The molecule has 0 aliphatic carbocycles. The molecular formula is C26H28ClNO4. The highest BCUT2D eigenvalue weighted by Crippen LogP contribution is 2.29. The van der Waals surface area contributed by atoms with E-state index in [-0.39, 0.29) is 41.5 Å². The quantitative estimate of drug-likeness (QED) is 0.362. The van der Waals surface area contributed by atoms with E-state index in [2.05, 4.69) is 0 Å². The van der Waals surface area contributed by atoms with Crippen molar-refractivity contribution in [3.8, 4) is 11.5 Å². The van der Waals surface area contributed by atoms with Gasteiger partial charge in [-0.25, -0.2) is 4.79 Å². The van der Waals surface area contributed by atoms with Gasteiger partial charge in [0.05, 0.1) is 27.7 Å². The number of nitrogens with zero attached hydrogens (tertiary/aromatic N) is 1. The third-order valence-corrected chi connectivity index (χ3v) is 5.37. The molecule has 1 unspecified atom stereocenters. The molecule has 0 fully saturated rings. The summed E-state index contributed by atoms with van der Waals surface area (Å²) < 4.78 is 10.7. The number of carbonyl (C=O) groups is 2. The van der Waals surface area contributed by atoms with Crippen LogP contribution in [-0.4, -0.2) is 44.0 Å². The first-order chi connectivity index (χ1) is 14.9. The van der Waals surface area contributed by atoms with Crippen molar-refractivity contribution in [2.45, 2.75) is 13.0 Å². The van der Waals surface area contributed by atoms with E-state index in [4.69, 9.17) is 9.47 Å². The Hall–Kier alpha value is -3.15. The smallest absolute Gasteiger partial charge is 0.318 e. The first kappa shape index (κ1) is 25.1. The van der Waals surface area contributed by atoms with Gasteiger partial charge in [0.2, 0.25) is 5.78 Å². The molecular weight excluding hydrogens is 426 g/mol. The van der Waals surface area contributed by atoms with Gasteiger partial charge in [0.1, 0.15) is 13.1 Å². The molecule has 1 atom stereocenters. The Bertz CT molecular complexity index is 1040. The maximum atomic E-state index is 13.4. The lowest BCUT2D eigenvalue weighted by Crippen LogP contribution is -3.00. The zero-order chi connectivity index (χ0) is 22.3. The number of likely N-dealkylation sites (N-methyl/N-ethyl adjacent to an activating group) is 1. The summed E-state index contributed by atoms with van der Waals surface area (Å²) in [7, 11) is 4.98. The molecule has 0 aliphatic heterocycles. The van der Waals surface area contributed by atoms with Gasteiger partial charge < -0.3 is 21.9 Å². The zero-order valence-corrected chi connectivity index (χ0v) is 19.3. The number of hydrogen-bond donors (Lipinski definition) is 0. The minimum Gasteiger partial charge on any atom is -1.00 e. The second kappa shape index (κ2) is 11.5. The van der Waals surface area contributed by atoms with Crippen LogP contribution in [0.5, 0.6) is 11.5 Å². The summed E-state index contributed by atoms with van der Waals surface area (Å²) >= 11 is 0. The van der Waals surface area contributed by atoms with Crippen LogP contribution in [0.1, 0.15) is 21.5 Å². The molecule has 6 heteroatoms. The van der Waals surface area contributed by atoms with Gasteiger partial charge in [-0.1, -0.05) is 60.7 Å². The van der Waals surface area contributed by atoms with Crippen molar-refractivity contribution in [3.05, 3.63) is 95.6 Å². The van der Waals surface area contributed by atoms with E-state index in [9.17, 15) is 9.59 Å². The largest absolute Gasteiger partial charge is 1.00 e. The standard InChI is InChI=1S/C26H28NO4.ClH/c1-27(19-23(28)22-12-8-5-9-13-22,26(29)17-20-10-6-4-7-11-20)18-21-14-15-24(30-2)25(16-21)31-3;/h4-16H,17-19H2,1-3H3;1H/q+1;/p-1. The number of benzene rings is 3. The molecule has 0 aliphatic rings. The van der Waals surface area contributed by atoms with Crippen LogP contribution < -0.4 is 21.9 Å². The highest BCUT2D eigenvalue weighted by Gasteiger charge is 2.35. The number of rotatable bonds is 9. The summed E-state index contributed by atoms with van der Waals surface area (Å²) in [6.07, 6.45) is 0.257. The van der Waals surface area contributed by atoms with Crippen molar-refractivity contribution in [1.29, 1.82) is 0 Å². The number of quaternary nitrogens is 1. The second-order valence-corrected chi connectivity index (χ2v) is 7.75. The molecule has 5 nitrogen and oxygen atoms in total. The summed E-state index contributed by atoms with van der Waals surface area (Å²) in [4.78, 5) is 26.5. The Labute approximate surface area is 195 Å². The molecule has 1 amide bonds. The van der Waals surface area contributed by atoms with Gasteiger partial charge in [0.25, 0.3) is 0 Å². The van der Waals surface area contributed by atoms with Gasteiger partial charge in [-0.2, -0.15) is 0 Å². The number of halogens is 1. The van der Waals surface area contributed by atoms with E-state index >= 15 is 0 Å². The minimum absolute atomic E-state index is 0. The van der Waals surface area contributed by atoms with Crippen molar-refractivity contribution < 1.29 is 36.0 Å². The molecule has 0 spiro atoms. The van der Waals surface area contributed by atoms with Crippen LogP contribution in [0.25, 0.3) is 0 Å². The third-order valence-electron chi connectivity index (χ3n) is 5.37. The normalized spacial score (nSPS) is 12.2. The summed E-state index contributed by atoms with van der Waals surface area (Å²) in [6.45, 7) is 0.439. The van der Waals surface area contributed by atoms with Crippen LogP contribution in [0.15, 0.2) is 78.9 Å². The fourth-order valence-corrected chi connectivity index (χ4v) is 3.61. The predicted molar refractivity (Wildman–Crippen MR) is 120 cm³/mol. The molecule has 0 bridgehead atoms. The Kier molecular flexibility index (Phi) is 9.00. The van der Waals surface area contributed by atoms with Gasteiger partial charge >= 0.3 is 5.91 Å². The minimum atomic E-state index is -0.0648. The van der Waals surface area contributed by atoms with E-state index in [1.165, 1.54) is 0 Å². The number of carbonyl (C=O) groups excluding carboxylic acids is 2. The highest BCUT2D eigenvalue weighted by molar-refractivity contribution is 5.97. The molecule has 168 valence electrons. The van der Waals surface area contributed by atoms with Crippen LogP contribution in [-0.2, 0) is 17.8 Å². The van der Waals surface area contributed by atoms with Crippen LogP contribution in [0.2, 0.25) is 0 Å². The van der Waals surface area contributed by atoms with Gasteiger partial charge in [0, 0.05) is 11.1 Å². The molecule has 32 heavy (non-hydrogen) atoms. The van der Waals surface area contributed by atoms with Crippen molar-refractivity contribution in [2.75, 3.05) is 27.8 Å². The molecule has 0 saturated carbocycles. The highest BCUT2D eigenvalue weighted by atomic mass is 35.5. The maximum Gasteiger partial charge on any atom is 0.318 e. The SMILES string of the molecule is COc1ccc(C[N+](C)(CC(=O)c2ccccc2)C(=O)Cc2ccccc2)cc1OC.[Cl-]. The van der Waals surface area contributed by atoms with Crippen LogP contribution in [0.4, 0.5) is 0 Å². The van der Waals surface area contributed by atoms with Crippen molar-refractivity contribution in [1.82, 2.24) is 0 Å². The summed E-state index contributed by atoms with van der Waals surface area (Å²) in [5, 5.41) is 0. The first-order valence-electron chi connectivity index (χ1n) is 10.2. The molecule has 0 N–H and O–H groups in total. The third kappa shape index (κ3) is 6.19. The first-order valence-corrected chi connectivity index (χ1v) is 10.2. The Morgan fingerprint density at radius 3 is 1.97 bits per heavy atom. The summed E-state index contributed by atoms with van der Waals surface area (Å²) in [5.41, 5.74) is 2.42. The fraction of sp³-hybridized carbons (Fsp3) is 0.231. The molecule has 0 saturated heterocycles. The topological polar surface area (TPSA) is 52.6 Å². The molecule has 0 radical (unpaired) electrons. The Morgan fingerprint density at radius 1 is 0.781 bits per heavy atom. The van der Waals surface area contributed by atoms with Gasteiger partial charge in [-0.3, -0.25) is 9.28 Å². The second-order valence-electron chi connectivity index (χ2n) is 7.75. The Morgan fingerprint density at radius 2 is 1.38 bits per heavy atom. The Balaban J connectivity index is 0.00000363. The van der Waals surface area contributed by atoms with Crippen molar-refractivity contribution in [3.63, 3.8) is 0 Å². The number of ether oxygens (including phenoxy) is 2. The van der Waals surface area contributed by atoms with E-state index in [0.717, 1.165) is 11.1 Å². The lowest BCUT2D eigenvalue weighted by molar-refractivity contribution is -0.839. The van der Waals surface area contributed by atoms with Crippen molar-refractivity contribution >= 4 is 11.7 Å². The van der Waals surface area contributed by atoms with Crippen LogP contribution >= 0.6 is 0 Å². The lowest BCUT2D eigenvalue weighted by atomic mass is 10.1. The number of methoxy groups -OCH3 is 2. The summed E-state index contributed by atoms with van der Waals surface area (Å²) in [6, 6.07) is 24.3. The van der Waals surface area contributed by atoms with Crippen molar-refractivity contribution in [2.24, 2.45) is 0 Å². The number of amides is 1. The molecule has 0 aromatic heterocycles. The van der Waals surface area contributed by atoms with E-state index in [1.807, 2.05) is 73.8 Å². The predicted octanol–water partition coefficient (Wildman–Crippen LogP) is 1.31. The zero-order valence-electron chi connectivity index (χ0n) is 18.6.